The normalized spacial score (nSPS) is 15.1. The first kappa shape index (κ1) is 16.7. The van der Waals surface area contributed by atoms with Crippen LogP contribution in [0.25, 0.3) is 0 Å². The first-order valence-electron chi connectivity index (χ1n) is 6.92. The first-order chi connectivity index (χ1) is 10.2. The molecule has 6 nitrogen and oxygen atoms in total. The van der Waals surface area contributed by atoms with Crippen molar-refractivity contribution >= 4 is 35.6 Å². The third-order valence-corrected chi connectivity index (χ3v) is 3.74. The third kappa shape index (κ3) is 3.97. The number of halogens is 2. The fourth-order valence-corrected chi connectivity index (χ4v) is 2.58. The lowest BCUT2D eigenvalue weighted by atomic mass is 10.1. The Morgan fingerprint density at radius 2 is 2.14 bits per heavy atom. The molecular formula is C14H17Cl2N5O. The summed E-state index contributed by atoms with van der Waals surface area (Å²) in [6.45, 7) is 1.93. The Labute approximate surface area is 139 Å². The summed E-state index contributed by atoms with van der Waals surface area (Å²) in [6.07, 6.45) is 3.70. The second-order valence-corrected chi connectivity index (χ2v) is 5.47. The smallest absolute Gasteiger partial charge is 0.277 e. The molecule has 1 aromatic heterocycles. The predicted molar refractivity (Wildman–Crippen MR) is 87.8 cm³/mol. The van der Waals surface area contributed by atoms with Gasteiger partial charge in [0.15, 0.2) is 5.69 Å². The zero-order chi connectivity index (χ0) is 14.7. The lowest BCUT2D eigenvalue weighted by molar-refractivity contribution is 0.102. The second kappa shape index (κ2) is 7.58. The Hall–Kier alpha value is -1.63. The molecule has 1 aromatic carbocycles. The summed E-state index contributed by atoms with van der Waals surface area (Å²) in [5, 5.41) is 14.7. The van der Waals surface area contributed by atoms with Crippen molar-refractivity contribution in [2.75, 3.05) is 18.4 Å². The standard InChI is InChI=1S/C14H16ClN5O.ClH/c15-10-2-1-3-11(8-10)17-14(21)13-9-20(19-18-13)12-4-6-16-7-5-12;/h1-3,8-9,12,16H,4-7H2,(H,17,21);1H. The lowest BCUT2D eigenvalue weighted by Crippen LogP contribution is -2.29. The van der Waals surface area contributed by atoms with Gasteiger partial charge >= 0.3 is 0 Å². The van der Waals surface area contributed by atoms with E-state index < -0.39 is 0 Å². The van der Waals surface area contributed by atoms with E-state index in [9.17, 15) is 4.79 Å². The fraction of sp³-hybridized carbons (Fsp3) is 0.357. The lowest BCUT2D eigenvalue weighted by Gasteiger charge is -2.22. The molecule has 8 heteroatoms. The number of rotatable bonds is 3. The predicted octanol–water partition coefficient (Wildman–Crippen LogP) is 2.53. The Kier molecular flexibility index (Phi) is 5.76. The number of nitrogens with zero attached hydrogens (tertiary/aromatic N) is 3. The monoisotopic (exact) mass is 341 g/mol. The maximum Gasteiger partial charge on any atom is 0.277 e. The molecule has 22 heavy (non-hydrogen) atoms. The largest absolute Gasteiger partial charge is 0.320 e. The molecule has 1 fully saturated rings. The molecule has 3 rings (SSSR count). The summed E-state index contributed by atoms with van der Waals surface area (Å²) >= 11 is 5.89. The van der Waals surface area contributed by atoms with Crippen molar-refractivity contribution in [3.05, 3.63) is 41.2 Å². The highest BCUT2D eigenvalue weighted by Gasteiger charge is 2.18. The van der Waals surface area contributed by atoms with Crippen LogP contribution in [0.5, 0.6) is 0 Å². The van der Waals surface area contributed by atoms with E-state index in [0.717, 1.165) is 25.9 Å². The minimum Gasteiger partial charge on any atom is -0.320 e. The van der Waals surface area contributed by atoms with Gasteiger partial charge in [-0.25, -0.2) is 4.68 Å². The molecule has 1 aliphatic heterocycles. The van der Waals surface area contributed by atoms with E-state index in [2.05, 4.69) is 20.9 Å². The van der Waals surface area contributed by atoms with Gasteiger partial charge in [0.1, 0.15) is 0 Å². The summed E-state index contributed by atoms with van der Waals surface area (Å²) in [5.41, 5.74) is 0.956. The molecule has 0 bridgehead atoms. The van der Waals surface area contributed by atoms with Gasteiger partial charge in [-0.05, 0) is 44.1 Å². The van der Waals surface area contributed by atoms with Crippen LogP contribution in [0, 0.1) is 0 Å². The molecule has 0 atom stereocenters. The van der Waals surface area contributed by atoms with E-state index in [1.165, 1.54) is 0 Å². The summed E-state index contributed by atoms with van der Waals surface area (Å²) in [7, 11) is 0. The SMILES string of the molecule is Cl.O=C(Nc1cccc(Cl)c1)c1cn(C2CCNCC2)nn1. The molecule has 0 saturated carbocycles. The number of nitrogens with one attached hydrogen (secondary N) is 2. The zero-order valence-electron chi connectivity index (χ0n) is 11.8. The van der Waals surface area contributed by atoms with Crippen molar-refractivity contribution in [3.63, 3.8) is 0 Å². The van der Waals surface area contributed by atoms with Gasteiger partial charge in [0.25, 0.3) is 5.91 Å². The number of carbonyl (C=O) groups excluding carboxylic acids is 1. The Balaban J connectivity index is 0.00000176. The van der Waals surface area contributed by atoms with Crippen LogP contribution in [0.3, 0.4) is 0 Å². The topological polar surface area (TPSA) is 71.8 Å². The summed E-state index contributed by atoms with van der Waals surface area (Å²) in [6, 6.07) is 7.32. The molecule has 0 unspecified atom stereocenters. The van der Waals surface area contributed by atoms with Crippen LogP contribution in [0.15, 0.2) is 30.5 Å². The van der Waals surface area contributed by atoms with Gasteiger partial charge in [-0.15, -0.1) is 17.5 Å². The van der Waals surface area contributed by atoms with Crippen molar-refractivity contribution < 1.29 is 4.79 Å². The first-order valence-corrected chi connectivity index (χ1v) is 7.29. The van der Waals surface area contributed by atoms with Gasteiger partial charge in [0.05, 0.1) is 12.2 Å². The minimum absolute atomic E-state index is 0. The van der Waals surface area contributed by atoms with Gasteiger partial charge in [-0.2, -0.15) is 0 Å². The van der Waals surface area contributed by atoms with Crippen molar-refractivity contribution in [1.29, 1.82) is 0 Å². The van der Waals surface area contributed by atoms with E-state index in [-0.39, 0.29) is 18.3 Å². The van der Waals surface area contributed by atoms with Crippen molar-refractivity contribution in [1.82, 2.24) is 20.3 Å². The number of benzene rings is 1. The van der Waals surface area contributed by atoms with Gasteiger partial charge < -0.3 is 10.6 Å². The molecule has 2 heterocycles. The Morgan fingerprint density at radius 1 is 1.36 bits per heavy atom. The van der Waals surface area contributed by atoms with E-state index in [1.54, 1.807) is 35.1 Å². The highest BCUT2D eigenvalue weighted by molar-refractivity contribution is 6.30. The van der Waals surface area contributed by atoms with Gasteiger partial charge in [-0.3, -0.25) is 4.79 Å². The van der Waals surface area contributed by atoms with Crippen molar-refractivity contribution in [2.24, 2.45) is 0 Å². The van der Waals surface area contributed by atoms with Crippen LogP contribution < -0.4 is 10.6 Å². The van der Waals surface area contributed by atoms with Crippen molar-refractivity contribution in [3.8, 4) is 0 Å². The van der Waals surface area contributed by atoms with Crippen LogP contribution in [0.4, 0.5) is 5.69 Å². The number of hydrogen-bond donors (Lipinski definition) is 2. The van der Waals surface area contributed by atoms with Crippen molar-refractivity contribution in [2.45, 2.75) is 18.9 Å². The molecule has 1 saturated heterocycles. The molecule has 2 N–H and O–H groups in total. The highest BCUT2D eigenvalue weighted by Crippen LogP contribution is 2.18. The second-order valence-electron chi connectivity index (χ2n) is 5.03. The van der Waals surface area contributed by atoms with Gasteiger partial charge in [0.2, 0.25) is 0 Å². The summed E-state index contributed by atoms with van der Waals surface area (Å²) < 4.78 is 1.79. The number of carbonyl (C=O) groups is 1. The van der Waals surface area contributed by atoms with Crippen LogP contribution in [-0.2, 0) is 0 Å². The van der Waals surface area contributed by atoms with E-state index in [1.807, 2.05) is 0 Å². The van der Waals surface area contributed by atoms with Crippen LogP contribution in [0.2, 0.25) is 5.02 Å². The number of anilines is 1. The number of amides is 1. The van der Waals surface area contributed by atoms with E-state index in [0.29, 0.717) is 22.4 Å². The molecular weight excluding hydrogens is 325 g/mol. The van der Waals surface area contributed by atoms with Gasteiger partial charge in [0, 0.05) is 10.7 Å². The van der Waals surface area contributed by atoms with E-state index in [4.69, 9.17) is 11.6 Å². The third-order valence-electron chi connectivity index (χ3n) is 3.51. The summed E-state index contributed by atoms with van der Waals surface area (Å²) in [5.74, 6) is -0.280. The summed E-state index contributed by atoms with van der Waals surface area (Å²) in [4.78, 5) is 12.1. The molecule has 1 aliphatic rings. The molecule has 0 radical (unpaired) electrons. The van der Waals surface area contributed by atoms with E-state index >= 15 is 0 Å². The maximum atomic E-state index is 12.1. The Bertz CT molecular complexity index is 640. The molecule has 118 valence electrons. The molecule has 0 spiro atoms. The van der Waals surface area contributed by atoms with Crippen LogP contribution in [-0.4, -0.2) is 34.0 Å². The van der Waals surface area contributed by atoms with Crippen LogP contribution in [0.1, 0.15) is 29.4 Å². The average Bonchev–Trinajstić information content (AvgIpc) is 2.98. The van der Waals surface area contributed by atoms with Crippen LogP contribution >= 0.6 is 24.0 Å². The number of hydrogen-bond acceptors (Lipinski definition) is 4. The minimum atomic E-state index is -0.280. The number of piperidine rings is 1. The Morgan fingerprint density at radius 3 is 2.86 bits per heavy atom. The average molecular weight is 342 g/mol. The maximum absolute atomic E-state index is 12.1. The highest BCUT2D eigenvalue weighted by atomic mass is 35.5. The van der Waals surface area contributed by atoms with Gasteiger partial charge in [-0.1, -0.05) is 22.9 Å². The zero-order valence-corrected chi connectivity index (χ0v) is 13.4. The molecule has 2 aromatic rings. The fourth-order valence-electron chi connectivity index (χ4n) is 2.39. The molecule has 1 amide bonds. The quantitative estimate of drug-likeness (QED) is 0.899. The molecule has 0 aliphatic carbocycles. The number of aromatic nitrogens is 3.